The van der Waals surface area contributed by atoms with Crippen LogP contribution in [0.15, 0.2) is 23.1 Å². The van der Waals surface area contributed by atoms with Crippen LogP contribution in [-0.4, -0.2) is 26.8 Å². The van der Waals surface area contributed by atoms with Crippen molar-refractivity contribution in [2.75, 3.05) is 12.3 Å². The highest BCUT2D eigenvalue weighted by molar-refractivity contribution is 7.91. The van der Waals surface area contributed by atoms with E-state index in [1.54, 1.807) is 6.07 Å². The predicted molar refractivity (Wildman–Crippen MR) is 80.8 cm³/mol. The maximum atomic E-state index is 12.5. The third-order valence-electron chi connectivity index (χ3n) is 2.90. The zero-order valence-electron chi connectivity index (χ0n) is 11.3. The summed E-state index contributed by atoms with van der Waals surface area (Å²) in [5.74, 6) is 0.193. The molecule has 0 aromatic heterocycles. The topological polar surface area (TPSA) is 46.2 Å². The Morgan fingerprint density at radius 2 is 1.74 bits per heavy atom. The summed E-state index contributed by atoms with van der Waals surface area (Å²) in [6, 6.07) is 4.59. The first kappa shape index (κ1) is 16.8. The van der Waals surface area contributed by atoms with Gasteiger partial charge in [0.25, 0.3) is 0 Å². The van der Waals surface area contributed by atoms with E-state index in [1.807, 2.05) is 20.8 Å². The van der Waals surface area contributed by atoms with Gasteiger partial charge in [0.1, 0.15) is 4.90 Å². The van der Waals surface area contributed by atoms with Gasteiger partial charge in [-0.05, 0) is 24.6 Å². The summed E-state index contributed by atoms with van der Waals surface area (Å²) < 4.78 is 24.9. The Morgan fingerprint density at radius 3 is 2.16 bits per heavy atom. The van der Waals surface area contributed by atoms with E-state index in [1.165, 1.54) is 12.1 Å². The van der Waals surface area contributed by atoms with Crippen molar-refractivity contribution in [2.24, 2.45) is 5.92 Å². The van der Waals surface area contributed by atoms with Crippen LogP contribution in [0.3, 0.4) is 0 Å². The van der Waals surface area contributed by atoms with Gasteiger partial charge in [-0.1, -0.05) is 50.0 Å². The average molecular weight is 324 g/mol. The summed E-state index contributed by atoms with van der Waals surface area (Å²) >= 11 is 11.9. The molecular weight excluding hydrogens is 305 g/mol. The van der Waals surface area contributed by atoms with Crippen molar-refractivity contribution in [2.45, 2.75) is 31.7 Å². The standard InChI is InChI=1S/C13H19Cl2NO2S/c1-4-16-12(9(2)3)8-19(17,18)13-10(14)6-5-7-11(13)15/h5-7,9,12,16H,4,8H2,1-3H3. The first-order valence-corrected chi connectivity index (χ1v) is 8.60. The minimum atomic E-state index is -3.51. The lowest BCUT2D eigenvalue weighted by atomic mass is 10.1. The first-order valence-electron chi connectivity index (χ1n) is 6.19. The fourth-order valence-electron chi connectivity index (χ4n) is 1.85. The second kappa shape index (κ2) is 6.93. The van der Waals surface area contributed by atoms with E-state index in [0.29, 0.717) is 6.54 Å². The molecule has 6 heteroatoms. The van der Waals surface area contributed by atoms with Crippen LogP contribution < -0.4 is 5.32 Å². The van der Waals surface area contributed by atoms with Crippen LogP contribution in [-0.2, 0) is 9.84 Å². The van der Waals surface area contributed by atoms with Gasteiger partial charge in [-0.2, -0.15) is 0 Å². The number of rotatable bonds is 6. The highest BCUT2D eigenvalue weighted by Crippen LogP contribution is 2.30. The first-order chi connectivity index (χ1) is 8.79. The molecular formula is C13H19Cl2NO2S. The lowest BCUT2D eigenvalue weighted by Gasteiger charge is -2.22. The fourth-order valence-corrected chi connectivity index (χ4v) is 4.82. The minimum Gasteiger partial charge on any atom is -0.313 e. The van der Waals surface area contributed by atoms with Gasteiger partial charge in [-0.25, -0.2) is 8.42 Å². The molecule has 0 heterocycles. The van der Waals surface area contributed by atoms with Crippen molar-refractivity contribution in [3.8, 4) is 0 Å². The molecule has 1 atom stereocenters. The Hall–Kier alpha value is -0.290. The van der Waals surface area contributed by atoms with Gasteiger partial charge in [0.05, 0.1) is 15.8 Å². The van der Waals surface area contributed by atoms with Crippen molar-refractivity contribution in [3.63, 3.8) is 0 Å². The van der Waals surface area contributed by atoms with Crippen LogP contribution in [0, 0.1) is 5.92 Å². The maximum absolute atomic E-state index is 12.5. The lowest BCUT2D eigenvalue weighted by Crippen LogP contribution is -2.39. The molecule has 0 bridgehead atoms. The largest absolute Gasteiger partial charge is 0.313 e. The fraction of sp³-hybridized carbons (Fsp3) is 0.538. The van der Waals surface area contributed by atoms with Gasteiger partial charge in [0, 0.05) is 6.04 Å². The minimum absolute atomic E-state index is 0.0119. The van der Waals surface area contributed by atoms with E-state index in [-0.39, 0.29) is 32.7 Å². The number of halogens is 2. The summed E-state index contributed by atoms with van der Waals surface area (Å²) in [6.07, 6.45) is 0. The highest BCUT2D eigenvalue weighted by Gasteiger charge is 2.26. The summed E-state index contributed by atoms with van der Waals surface area (Å²) in [5, 5.41) is 3.53. The predicted octanol–water partition coefficient (Wildman–Crippen LogP) is 3.40. The van der Waals surface area contributed by atoms with E-state index in [2.05, 4.69) is 5.32 Å². The maximum Gasteiger partial charge on any atom is 0.182 e. The van der Waals surface area contributed by atoms with Crippen LogP contribution in [0.2, 0.25) is 10.0 Å². The number of benzene rings is 1. The second-order valence-electron chi connectivity index (χ2n) is 4.74. The Balaban J connectivity index is 3.10. The molecule has 1 N–H and O–H groups in total. The molecule has 1 aromatic carbocycles. The second-order valence-corrected chi connectivity index (χ2v) is 7.53. The molecule has 3 nitrogen and oxygen atoms in total. The molecule has 0 amide bonds. The quantitative estimate of drug-likeness (QED) is 0.872. The van der Waals surface area contributed by atoms with Crippen molar-refractivity contribution < 1.29 is 8.42 Å². The van der Waals surface area contributed by atoms with Crippen molar-refractivity contribution in [1.29, 1.82) is 0 Å². The third kappa shape index (κ3) is 4.35. The summed E-state index contributed by atoms with van der Waals surface area (Å²) in [5.41, 5.74) is 0. The van der Waals surface area contributed by atoms with E-state index < -0.39 is 9.84 Å². The molecule has 1 aromatic rings. The average Bonchev–Trinajstić information content (AvgIpc) is 2.27. The summed E-state index contributed by atoms with van der Waals surface area (Å²) in [6.45, 7) is 6.63. The third-order valence-corrected chi connectivity index (χ3v) is 5.61. The van der Waals surface area contributed by atoms with E-state index >= 15 is 0 Å². The van der Waals surface area contributed by atoms with E-state index in [4.69, 9.17) is 23.2 Å². The SMILES string of the molecule is CCNC(CS(=O)(=O)c1c(Cl)cccc1Cl)C(C)C. The van der Waals surface area contributed by atoms with Crippen molar-refractivity contribution in [1.82, 2.24) is 5.32 Å². The van der Waals surface area contributed by atoms with E-state index in [9.17, 15) is 8.42 Å². The number of nitrogens with one attached hydrogen (secondary N) is 1. The highest BCUT2D eigenvalue weighted by atomic mass is 35.5. The normalized spacial score (nSPS) is 13.8. The molecule has 0 fully saturated rings. The zero-order valence-corrected chi connectivity index (χ0v) is 13.6. The molecule has 108 valence electrons. The van der Waals surface area contributed by atoms with Crippen LogP contribution in [0.4, 0.5) is 0 Å². The van der Waals surface area contributed by atoms with Crippen LogP contribution in [0.25, 0.3) is 0 Å². The molecule has 1 unspecified atom stereocenters. The number of hydrogen-bond donors (Lipinski definition) is 1. The van der Waals surface area contributed by atoms with Gasteiger partial charge in [-0.15, -0.1) is 0 Å². The Bertz CT molecular complexity index is 509. The molecule has 19 heavy (non-hydrogen) atoms. The molecule has 0 radical (unpaired) electrons. The zero-order chi connectivity index (χ0) is 14.6. The monoisotopic (exact) mass is 323 g/mol. The van der Waals surface area contributed by atoms with E-state index in [0.717, 1.165) is 0 Å². The van der Waals surface area contributed by atoms with Gasteiger partial charge in [-0.3, -0.25) is 0 Å². The van der Waals surface area contributed by atoms with Gasteiger partial charge < -0.3 is 5.32 Å². The van der Waals surface area contributed by atoms with Gasteiger partial charge in [0.2, 0.25) is 0 Å². The Labute approximate surface area is 125 Å². The summed E-state index contributed by atoms with van der Waals surface area (Å²) in [7, 11) is -3.51. The van der Waals surface area contributed by atoms with Gasteiger partial charge >= 0.3 is 0 Å². The smallest absolute Gasteiger partial charge is 0.182 e. The lowest BCUT2D eigenvalue weighted by molar-refractivity contribution is 0.435. The molecule has 0 aliphatic heterocycles. The number of hydrogen-bond acceptors (Lipinski definition) is 3. The van der Waals surface area contributed by atoms with Crippen LogP contribution in [0.5, 0.6) is 0 Å². The Morgan fingerprint density at radius 1 is 1.21 bits per heavy atom. The molecule has 0 aliphatic carbocycles. The molecule has 0 saturated heterocycles. The molecule has 0 saturated carbocycles. The summed E-state index contributed by atoms with van der Waals surface area (Å²) in [4.78, 5) is 0.0295. The molecule has 1 rings (SSSR count). The Kier molecular flexibility index (Phi) is 6.12. The van der Waals surface area contributed by atoms with Crippen molar-refractivity contribution in [3.05, 3.63) is 28.2 Å². The van der Waals surface area contributed by atoms with Crippen LogP contribution in [0.1, 0.15) is 20.8 Å². The molecule has 0 aliphatic rings. The molecule has 0 spiro atoms. The van der Waals surface area contributed by atoms with Crippen molar-refractivity contribution >= 4 is 33.0 Å². The number of sulfone groups is 1. The van der Waals surface area contributed by atoms with Crippen LogP contribution >= 0.6 is 23.2 Å². The van der Waals surface area contributed by atoms with Gasteiger partial charge in [0.15, 0.2) is 9.84 Å².